The van der Waals surface area contributed by atoms with Gasteiger partial charge in [-0.25, -0.2) is 0 Å². The highest BCUT2D eigenvalue weighted by Gasteiger charge is 2.42. The van der Waals surface area contributed by atoms with E-state index in [0.29, 0.717) is 0 Å². The van der Waals surface area contributed by atoms with Crippen LogP contribution in [0.4, 0.5) is 0 Å². The molecule has 4 nitrogen and oxygen atoms in total. The number of benzene rings is 7. The molecular formula is C51H41N3OSi. The second-order valence-electron chi connectivity index (χ2n) is 14.9. The number of allylic oxidation sites excluding steroid dienone is 2. The second kappa shape index (κ2) is 14.0. The highest BCUT2D eigenvalue weighted by atomic mass is 28.3. The summed E-state index contributed by atoms with van der Waals surface area (Å²) in [4.78, 5) is 4.76. The van der Waals surface area contributed by atoms with Crippen molar-refractivity contribution in [3.63, 3.8) is 0 Å². The van der Waals surface area contributed by atoms with E-state index in [-0.39, 0.29) is 12.0 Å². The molecule has 0 saturated carbocycles. The number of hydrogen-bond donors (Lipinski definition) is 1. The van der Waals surface area contributed by atoms with Crippen molar-refractivity contribution in [2.75, 3.05) is 0 Å². The van der Waals surface area contributed by atoms with E-state index < -0.39 is 14.2 Å². The molecule has 3 atom stereocenters. The van der Waals surface area contributed by atoms with E-state index in [1.165, 1.54) is 37.1 Å². The molecule has 0 radical (unpaired) electrons. The molecule has 7 aromatic carbocycles. The molecule has 0 spiro atoms. The predicted molar refractivity (Wildman–Crippen MR) is 236 cm³/mol. The molecule has 56 heavy (non-hydrogen) atoms. The van der Waals surface area contributed by atoms with E-state index in [0.717, 1.165) is 39.2 Å². The van der Waals surface area contributed by atoms with Crippen LogP contribution in [0.5, 0.6) is 5.75 Å². The first-order valence-corrected chi connectivity index (χ1v) is 21.4. The highest BCUT2D eigenvalue weighted by molar-refractivity contribution is 7.20. The lowest BCUT2D eigenvalue weighted by Crippen LogP contribution is -2.74. The molecule has 0 saturated heterocycles. The highest BCUT2D eigenvalue weighted by Crippen LogP contribution is 2.49. The summed E-state index contributed by atoms with van der Waals surface area (Å²) in [6.45, 7) is 2.24. The minimum absolute atomic E-state index is 0.0186. The summed E-state index contributed by atoms with van der Waals surface area (Å²) in [5.41, 5.74) is 14.1. The molecule has 0 fully saturated rings. The Morgan fingerprint density at radius 2 is 1.30 bits per heavy atom. The summed E-state index contributed by atoms with van der Waals surface area (Å²) >= 11 is 0. The Morgan fingerprint density at radius 1 is 0.661 bits per heavy atom. The number of fused-ring (bicyclic) bond motifs is 7. The third-order valence-electron chi connectivity index (χ3n) is 11.6. The maximum absolute atomic E-state index is 7.02. The molecule has 1 aromatic heterocycles. The number of ether oxygens (including phenoxy) is 1. The molecule has 1 aliphatic carbocycles. The third-order valence-corrected chi connectivity index (χ3v) is 16.4. The SMILES string of the molecule is CC1C=CC=C2c3ccc4c5cc([Si](c6ccccc6)(c6ccccc6)c6ccccc6)ccc5n(-c5cccc(/C=N/C(N)c6ccccc6)c5)c4c3OC21. The maximum Gasteiger partial charge on any atom is 0.179 e. The van der Waals surface area contributed by atoms with Gasteiger partial charge in [0.1, 0.15) is 12.3 Å². The fraction of sp³-hybridized carbons (Fsp3) is 0.0784. The molecule has 5 heteroatoms. The fourth-order valence-electron chi connectivity index (χ4n) is 8.99. The van der Waals surface area contributed by atoms with Crippen LogP contribution in [0, 0.1) is 5.92 Å². The van der Waals surface area contributed by atoms with E-state index in [1.807, 2.05) is 36.5 Å². The van der Waals surface area contributed by atoms with Crippen LogP contribution in [-0.4, -0.2) is 25.0 Å². The van der Waals surface area contributed by atoms with Crippen molar-refractivity contribution in [2.45, 2.75) is 19.2 Å². The van der Waals surface area contributed by atoms with Crippen LogP contribution < -0.4 is 31.2 Å². The molecule has 1 aliphatic heterocycles. The number of rotatable bonds is 8. The summed E-state index contributed by atoms with van der Waals surface area (Å²) in [5.74, 6) is 1.21. The zero-order valence-electron chi connectivity index (χ0n) is 31.2. The van der Waals surface area contributed by atoms with Crippen LogP contribution in [0.3, 0.4) is 0 Å². The Bertz CT molecular complexity index is 2710. The Hall–Kier alpha value is -6.53. The Morgan fingerprint density at radius 3 is 1.96 bits per heavy atom. The van der Waals surface area contributed by atoms with Crippen molar-refractivity contribution < 1.29 is 4.74 Å². The summed E-state index contributed by atoms with van der Waals surface area (Å²) in [5, 5.41) is 7.75. The second-order valence-corrected chi connectivity index (χ2v) is 18.7. The van der Waals surface area contributed by atoms with Crippen molar-refractivity contribution in [1.29, 1.82) is 0 Å². The first-order valence-electron chi connectivity index (χ1n) is 19.4. The van der Waals surface area contributed by atoms with Gasteiger partial charge in [-0.15, -0.1) is 0 Å². The average Bonchev–Trinajstić information content (AvgIpc) is 3.81. The van der Waals surface area contributed by atoms with Crippen LogP contribution in [0.25, 0.3) is 33.1 Å². The Labute approximate surface area is 328 Å². The standard InChI is InChI=1S/C51H41N3OSi/c1-35-16-14-27-44-45-30-29-43-46-33-42(56(39-21-8-3-9-22-39,40-23-10-4-11-24-40)41-25-12-5-13-26-41)28-31-47(46)54(48(43)50(45)55-49(35)44)38-20-15-17-36(32-38)34-53-51(52)37-18-6-2-7-19-37/h2-35,49,51H,52H2,1H3/b53-34+. The lowest BCUT2D eigenvalue weighted by atomic mass is 9.90. The fourth-order valence-corrected chi connectivity index (χ4v) is 13.8. The maximum atomic E-state index is 7.02. The Balaban J connectivity index is 1.23. The zero-order chi connectivity index (χ0) is 37.6. The average molecular weight is 740 g/mol. The molecule has 270 valence electrons. The first kappa shape index (κ1) is 34.0. The van der Waals surface area contributed by atoms with Gasteiger partial charge < -0.3 is 15.0 Å². The van der Waals surface area contributed by atoms with Gasteiger partial charge in [-0.05, 0) is 50.1 Å². The topological polar surface area (TPSA) is 52.5 Å². The molecule has 10 rings (SSSR count). The molecule has 2 aliphatic rings. The minimum Gasteiger partial charge on any atom is -0.482 e. The van der Waals surface area contributed by atoms with E-state index in [2.05, 4.69) is 175 Å². The van der Waals surface area contributed by atoms with Gasteiger partial charge in [0.05, 0.1) is 11.0 Å². The molecule has 0 bridgehead atoms. The Kier molecular flexibility index (Phi) is 8.47. The molecule has 8 aromatic rings. The predicted octanol–water partition coefficient (Wildman–Crippen LogP) is 8.59. The number of nitrogens with zero attached hydrogens (tertiary/aromatic N) is 2. The van der Waals surface area contributed by atoms with Crippen LogP contribution in [-0.2, 0) is 0 Å². The van der Waals surface area contributed by atoms with Crippen molar-refractivity contribution in [3.8, 4) is 11.4 Å². The van der Waals surface area contributed by atoms with Crippen LogP contribution in [0.15, 0.2) is 199 Å². The van der Waals surface area contributed by atoms with Gasteiger partial charge in [0, 0.05) is 39.7 Å². The van der Waals surface area contributed by atoms with Gasteiger partial charge in [-0.2, -0.15) is 0 Å². The lowest BCUT2D eigenvalue weighted by Gasteiger charge is -2.34. The van der Waals surface area contributed by atoms with E-state index in [1.54, 1.807) is 0 Å². The summed E-state index contributed by atoms with van der Waals surface area (Å²) in [6.07, 6.45) is 8.06. The number of aromatic nitrogens is 1. The smallest absolute Gasteiger partial charge is 0.179 e. The monoisotopic (exact) mass is 739 g/mol. The van der Waals surface area contributed by atoms with Crippen molar-refractivity contribution >= 4 is 62.4 Å². The van der Waals surface area contributed by atoms with Gasteiger partial charge in [-0.3, -0.25) is 4.99 Å². The van der Waals surface area contributed by atoms with Gasteiger partial charge in [0.15, 0.2) is 13.8 Å². The summed E-state index contributed by atoms with van der Waals surface area (Å²) in [7, 11) is -2.78. The van der Waals surface area contributed by atoms with Crippen LogP contribution in [0.2, 0.25) is 0 Å². The number of aliphatic imine (C=N–C) groups is 1. The van der Waals surface area contributed by atoms with E-state index >= 15 is 0 Å². The number of hydrogen-bond acceptors (Lipinski definition) is 3. The largest absolute Gasteiger partial charge is 0.482 e. The van der Waals surface area contributed by atoms with Gasteiger partial charge in [-0.1, -0.05) is 183 Å². The molecule has 2 heterocycles. The van der Waals surface area contributed by atoms with Crippen LogP contribution >= 0.6 is 0 Å². The van der Waals surface area contributed by atoms with Crippen molar-refractivity contribution in [3.05, 3.63) is 211 Å². The molecule has 3 unspecified atom stereocenters. The third kappa shape index (κ3) is 5.50. The summed E-state index contributed by atoms with van der Waals surface area (Å²) in [6, 6.07) is 63.8. The van der Waals surface area contributed by atoms with Crippen molar-refractivity contribution in [1.82, 2.24) is 4.57 Å². The van der Waals surface area contributed by atoms with Gasteiger partial charge in [0.2, 0.25) is 0 Å². The molecule has 2 N–H and O–H groups in total. The molecular weight excluding hydrogens is 699 g/mol. The van der Waals surface area contributed by atoms with Gasteiger partial charge >= 0.3 is 0 Å². The molecule has 0 amide bonds. The quantitative estimate of drug-likeness (QED) is 0.0965. The normalized spacial score (nSPS) is 16.8. The van der Waals surface area contributed by atoms with E-state index in [4.69, 9.17) is 15.5 Å². The first-order chi connectivity index (χ1) is 27.6. The number of nitrogens with two attached hydrogens (primary N) is 1. The van der Waals surface area contributed by atoms with Gasteiger partial charge in [0.25, 0.3) is 0 Å². The zero-order valence-corrected chi connectivity index (χ0v) is 32.2. The minimum atomic E-state index is -2.78. The lowest BCUT2D eigenvalue weighted by molar-refractivity contribution is 0.237. The summed E-state index contributed by atoms with van der Waals surface area (Å²) < 4.78 is 9.41. The van der Waals surface area contributed by atoms with E-state index in [9.17, 15) is 0 Å². The van der Waals surface area contributed by atoms with Crippen molar-refractivity contribution in [2.24, 2.45) is 16.6 Å². The van der Waals surface area contributed by atoms with Crippen LogP contribution in [0.1, 0.15) is 29.8 Å².